The van der Waals surface area contributed by atoms with Crippen LogP contribution in [-0.2, 0) is 5.41 Å². The number of aromatic nitrogens is 1. The van der Waals surface area contributed by atoms with Crippen molar-refractivity contribution in [1.29, 1.82) is 0 Å². The average molecular weight is 245 g/mol. The molecule has 2 aromatic rings. The smallest absolute Gasteiger partial charge is 0.198 e. The van der Waals surface area contributed by atoms with Crippen LogP contribution >= 0.6 is 0 Å². The number of fused-ring (bicyclic) bond motifs is 1. The highest BCUT2D eigenvalue weighted by molar-refractivity contribution is 5.73. The molecule has 2 heteroatoms. The summed E-state index contributed by atoms with van der Waals surface area (Å²) in [5.74, 6) is 1.75. The van der Waals surface area contributed by atoms with Crippen LogP contribution in [0.3, 0.4) is 0 Å². The van der Waals surface area contributed by atoms with Crippen LogP contribution in [-0.4, -0.2) is 4.98 Å². The van der Waals surface area contributed by atoms with E-state index in [2.05, 4.69) is 58.7 Å². The van der Waals surface area contributed by atoms with Gasteiger partial charge >= 0.3 is 0 Å². The van der Waals surface area contributed by atoms with E-state index in [4.69, 9.17) is 4.42 Å². The summed E-state index contributed by atoms with van der Waals surface area (Å²) >= 11 is 0. The van der Waals surface area contributed by atoms with E-state index in [-0.39, 0.29) is 5.41 Å². The predicted molar refractivity (Wildman–Crippen MR) is 76.0 cm³/mol. The topological polar surface area (TPSA) is 26.0 Å². The third-order valence-electron chi connectivity index (χ3n) is 3.66. The highest BCUT2D eigenvalue weighted by Gasteiger charge is 2.19. The third kappa shape index (κ3) is 2.43. The van der Waals surface area contributed by atoms with Crippen molar-refractivity contribution < 1.29 is 4.42 Å². The van der Waals surface area contributed by atoms with Gasteiger partial charge in [0.15, 0.2) is 11.5 Å². The summed E-state index contributed by atoms with van der Waals surface area (Å²) in [7, 11) is 0. The van der Waals surface area contributed by atoms with Crippen molar-refractivity contribution in [2.75, 3.05) is 0 Å². The summed E-state index contributed by atoms with van der Waals surface area (Å²) in [5, 5.41) is 0. The van der Waals surface area contributed by atoms with E-state index < -0.39 is 0 Å². The van der Waals surface area contributed by atoms with Gasteiger partial charge in [0.05, 0.1) is 0 Å². The Balaban J connectivity index is 2.46. The second-order valence-corrected chi connectivity index (χ2v) is 6.52. The first-order valence-electron chi connectivity index (χ1n) is 6.70. The second-order valence-electron chi connectivity index (χ2n) is 6.52. The lowest BCUT2D eigenvalue weighted by Gasteiger charge is -2.18. The van der Waals surface area contributed by atoms with Gasteiger partial charge in [-0.1, -0.05) is 47.6 Å². The molecule has 2 nitrogen and oxygen atoms in total. The quantitative estimate of drug-likeness (QED) is 0.753. The van der Waals surface area contributed by atoms with E-state index in [0.717, 1.165) is 17.0 Å². The van der Waals surface area contributed by atoms with Crippen LogP contribution in [0.4, 0.5) is 0 Å². The van der Waals surface area contributed by atoms with Gasteiger partial charge in [0.25, 0.3) is 0 Å². The average Bonchev–Trinajstić information content (AvgIpc) is 2.68. The molecule has 0 saturated heterocycles. The first-order chi connectivity index (χ1) is 8.29. The molecule has 0 radical (unpaired) electrons. The van der Waals surface area contributed by atoms with Crippen molar-refractivity contribution >= 4 is 11.1 Å². The Bertz CT molecular complexity index is 546. The predicted octanol–water partition coefficient (Wildman–Crippen LogP) is 4.88. The molecule has 1 unspecified atom stereocenters. The molecule has 0 aliphatic rings. The minimum atomic E-state index is 0.150. The Morgan fingerprint density at radius 3 is 2.33 bits per heavy atom. The molecule has 1 aromatic carbocycles. The third-order valence-corrected chi connectivity index (χ3v) is 3.66. The van der Waals surface area contributed by atoms with Gasteiger partial charge in [-0.25, -0.2) is 4.98 Å². The van der Waals surface area contributed by atoms with Crippen molar-refractivity contribution in [3.05, 3.63) is 29.7 Å². The molecule has 0 N–H and O–H groups in total. The molecule has 0 aliphatic heterocycles. The lowest BCUT2D eigenvalue weighted by atomic mass is 9.87. The molecule has 98 valence electrons. The Morgan fingerprint density at radius 1 is 1.11 bits per heavy atom. The molecule has 0 aliphatic carbocycles. The molecule has 0 saturated carbocycles. The van der Waals surface area contributed by atoms with Crippen LogP contribution in [0.2, 0.25) is 0 Å². The van der Waals surface area contributed by atoms with Gasteiger partial charge in [0, 0.05) is 5.92 Å². The van der Waals surface area contributed by atoms with E-state index in [9.17, 15) is 0 Å². The fraction of sp³-hybridized carbons (Fsp3) is 0.562. The number of oxazole rings is 1. The van der Waals surface area contributed by atoms with Crippen molar-refractivity contribution in [2.45, 2.75) is 52.9 Å². The second kappa shape index (κ2) is 4.42. The van der Waals surface area contributed by atoms with Crippen LogP contribution in [0.1, 0.15) is 58.9 Å². The molecule has 0 amide bonds. The maximum absolute atomic E-state index is 5.85. The highest BCUT2D eigenvalue weighted by atomic mass is 16.3. The fourth-order valence-electron chi connectivity index (χ4n) is 1.89. The van der Waals surface area contributed by atoms with Crippen LogP contribution in [0, 0.1) is 5.92 Å². The zero-order chi connectivity index (χ0) is 13.5. The largest absolute Gasteiger partial charge is 0.440 e. The minimum Gasteiger partial charge on any atom is -0.440 e. The van der Waals surface area contributed by atoms with Gasteiger partial charge in [-0.3, -0.25) is 0 Å². The van der Waals surface area contributed by atoms with Gasteiger partial charge in [-0.15, -0.1) is 0 Å². The Labute approximate surface area is 109 Å². The lowest BCUT2D eigenvalue weighted by molar-refractivity contribution is 0.416. The van der Waals surface area contributed by atoms with Crippen LogP contribution < -0.4 is 0 Å². The molecule has 0 spiro atoms. The normalized spacial score (nSPS) is 14.4. The number of benzene rings is 1. The van der Waals surface area contributed by atoms with Crippen LogP contribution in [0.5, 0.6) is 0 Å². The highest BCUT2D eigenvalue weighted by Crippen LogP contribution is 2.29. The van der Waals surface area contributed by atoms with E-state index in [0.29, 0.717) is 11.8 Å². The van der Waals surface area contributed by atoms with Crippen molar-refractivity contribution in [2.24, 2.45) is 5.92 Å². The van der Waals surface area contributed by atoms with E-state index in [1.165, 1.54) is 5.56 Å². The number of hydrogen-bond donors (Lipinski definition) is 0. The summed E-state index contributed by atoms with van der Waals surface area (Å²) in [4.78, 5) is 4.64. The van der Waals surface area contributed by atoms with E-state index in [1.54, 1.807) is 0 Å². The van der Waals surface area contributed by atoms with E-state index >= 15 is 0 Å². The molecule has 1 aromatic heterocycles. The van der Waals surface area contributed by atoms with Crippen LogP contribution in [0.25, 0.3) is 11.1 Å². The Hall–Kier alpha value is -1.31. The minimum absolute atomic E-state index is 0.150. The SMILES string of the molecule is CC(C)C(C)c1nc2cc(C(C)(C)C)ccc2o1. The van der Waals surface area contributed by atoms with Gasteiger partial charge in [-0.05, 0) is 29.0 Å². The molecular formula is C16H23NO. The molecule has 1 heterocycles. The first-order valence-corrected chi connectivity index (χ1v) is 6.70. The molecule has 2 rings (SSSR count). The zero-order valence-corrected chi connectivity index (χ0v) is 12.2. The van der Waals surface area contributed by atoms with Gasteiger partial charge in [-0.2, -0.15) is 0 Å². The fourth-order valence-corrected chi connectivity index (χ4v) is 1.89. The zero-order valence-electron chi connectivity index (χ0n) is 12.2. The number of hydrogen-bond acceptors (Lipinski definition) is 2. The van der Waals surface area contributed by atoms with Crippen molar-refractivity contribution in [3.8, 4) is 0 Å². The van der Waals surface area contributed by atoms with Crippen molar-refractivity contribution in [1.82, 2.24) is 4.98 Å². The standard InChI is InChI=1S/C16H23NO/c1-10(2)11(3)15-17-13-9-12(16(4,5)6)7-8-14(13)18-15/h7-11H,1-6H3. The van der Waals surface area contributed by atoms with Gasteiger partial charge in [0.1, 0.15) is 5.52 Å². The Kier molecular flexibility index (Phi) is 3.22. The summed E-state index contributed by atoms with van der Waals surface area (Å²) in [6.45, 7) is 13.2. The van der Waals surface area contributed by atoms with Crippen LogP contribution in [0.15, 0.2) is 22.6 Å². The molecular weight excluding hydrogens is 222 g/mol. The number of nitrogens with zero attached hydrogens (tertiary/aromatic N) is 1. The summed E-state index contributed by atoms with van der Waals surface area (Å²) < 4.78 is 5.85. The lowest BCUT2D eigenvalue weighted by Crippen LogP contribution is -2.10. The van der Waals surface area contributed by atoms with Gasteiger partial charge in [0.2, 0.25) is 0 Å². The molecule has 1 atom stereocenters. The van der Waals surface area contributed by atoms with Crippen molar-refractivity contribution in [3.63, 3.8) is 0 Å². The number of rotatable bonds is 2. The molecule has 18 heavy (non-hydrogen) atoms. The summed E-state index contributed by atoms with van der Waals surface area (Å²) in [5.41, 5.74) is 3.32. The van der Waals surface area contributed by atoms with E-state index in [1.807, 2.05) is 6.07 Å². The molecule has 0 bridgehead atoms. The Morgan fingerprint density at radius 2 is 1.78 bits per heavy atom. The summed E-state index contributed by atoms with van der Waals surface area (Å²) in [6, 6.07) is 6.33. The summed E-state index contributed by atoms with van der Waals surface area (Å²) in [6.07, 6.45) is 0. The maximum Gasteiger partial charge on any atom is 0.198 e. The molecule has 0 fully saturated rings. The maximum atomic E-state index is 5.85. The first kappa shape index (κ1) is 13.1. The van der Waals surface area contributed by atoms with Gasteiger partial charge < -0.3 is 4.42 Å². The monoisotopic (exact) mass is 245 g/mol.